The Bertz CT molecular complexity index is 993. The van der Waals surface area contributed by atoms with E-state index in [1.807, 2.05) is 27.0 Å². The lowest BCUT2D eigenvalue weighted by molar-refractivity contribution is 0.290. The highest BCUT2D eigenvalue weighted by Crippen LogP contribution is 2.46. The van der Waals surface area contributed by atoms with Crippen LogP contribution in [0.1, 0.15) is 80.3 Å². The molecular weight excluding hydrogens is 398 g/mol. The lowest BCUT2D eigenvalue weighted by atomic mass is 9.66. The van der Waals surface area contributed by atoms with Crippen LogP contribution in [-0.4, -0.2) is 4.98 Å². The Morgan fingerprint density at radius 3 is 2.42 bits per heavy atom. The monoisotopic (exact) mass is 443 g/mol. The second kappa shape index (κ2) is 14.5. The third-order valence-corrected chi connectivity index (χ3v) is 5.77. The maximum atomic E-state index is 4.79. The molecule has 178 valence electrons. The SMILES string of the molecule is C=C(C)C=C(C)C.CC.CC=CC(C)(CCC)C1CC=CC=C1c1nccc2ccccc12. The molecule has 0 radical (unpaired) electrons. The van der Waals surface area contributed by atoms with Gasteiger partial charge in [-0.15, -0.1) is 0 Å². The smallest absolute Gasteiger partial charge is 0.0743 e. The van der Waals surface area contributed by atoms with Gasteiger partial charge in [-0.05, 0) is 68.9 Å². The third-order valence-electron chi connectivity index (χ3n) is 5.77. The van der Waals surface area contributed by atoms with Crippen LogP contribution >= 0.6 is 0 Å². The van der Waals surface area contributed by atoms with Gasteiger partial charge in [-0.25, -0.2) is 0 Å². The fourth-order valence-electron chi connectivity index (χ4n) is 4.63. The van der Waals surface area contributed by atoms with Crippen molar-refractivity contribution in [3.05, 3.63) is 96.4 Å². The summed E-state index contributed by atoms with van der Waals surface area (Å²) < 4.78 is 0. The van der Waals surface area contributed by atoms with Gasteiger partial charge in [0.25, 0.3) is 0 Å². The topological polar surface area (TPSA) is 12.9 Å². The molecule has 0 saturated heterocycles. The number of rotatable bonds is 6. The fourth-order valence-corrected chi connectivity index (χ4v) is 4.63. The molecule has 0 spiro atoms. The van der Waals surface area contributed by atoms with Crippen molar-refractivity contribution in [3.8, 4) is 0 Å². The minimum Gasteiger partial charge on any atom is -0.256 e. The molecule has 0 fully saturated rings. The van der Waals surface area contributed by atoms with Crippen LogP contribution in [0.5, 0.6) is 0 Å². The maximum absolute atomic E-state index is 4.79. The minimum absolute atomic E-state index is 0.165. The van der Waals surface area contributed by atoms with Crippen LogP contribution in [0, 0.1) is 11.3 Å². The molecule has 1 heterocycles. The van der Waals surface area contributed by atoms with Crippen LogP contribution in [0.2, 0.25) is 0 Å². The fraction of sp³-hybridized carbons (Fsp3) is 0.406. The van der Waals surface area contributed by atoms with E-state index in [4.69, 9.17) is 4.98 Å². The Balaban J connectivity index is 0.000000520. The van der Waals surface area contributed by atoms with E-state index in [-0.39, 0.29) is 5.41 Å². The zero-order chi connectivity index (χ0) is 24.9. The first kappa shape index (κ1) is 28.4. The summed E-state index contributed by atoms with van der Waals surface area (Å²) in [6.45, 7) is 20.7. The first-order valence-corrected chi connectivity index (χ1v) is 12.5. The predicted molar refractivity (Wildman–Crippen MR) is 150 cm³/mol. The number of allylic oxidation sites excluding steroid dienone is 9. The Morgan fingerprint density at radius 1 is 1.15 bits per heavy atom. The molecule has 1 nitrogen and oxygen atoms in total. The lowest BCUT2D eigenvalue weighted by Crippen LogP contribution is -2.27. The van der Waals surface area contributed by atoms with Gasteiger partial charge in [0, 0.05) is 11.6 Å². The van der Waals surface area contributed by atoms with E-state index in [2.05, 4.69) is 108 Å². The van der Waals surface area contributed by atoms with Crippen LogP contribution < -0.4 is 0 Å². The van der Waals surface area contributed by atoms with Crippen LogP contribution in [0.3, 0.4) is 0 Å². The van der Waals surface area contributed by atoms with E-state index < -0.39 is 0 Å². The normalized spacial score (nSPS) is 16.6. The summed E-state index contributed by atoms with van der Waals surface area (Å²) in [5, 5.41) is 2.52. The Labute approximate surface area is 203 Å². The van der Waals surface area contributed by atoms with Crippen LogP contribution in [0.25, 0.3) is 16.3 Å². The van der Waals surface area contributed by atoms with Gasteiger partial charge in [-0.1, -0.05) is 113 Å². The molecule has 0 bridgehead atoms. The second-order valence-electron chi connectivity index (χ2n) is 9.04. The molecule has 2 aromatic rings. The first-order chi connectivity index (χ1) is 15.8. The van der Waals surface area contributed by atoms with E-state index in [0.717, 1.165) is 17.7 Å². The number of pyridine rings is 1. The average Bonchev–Trinajstić information content (AvgIpc) is 2.80. The molecule has 0 amide bonds. The van der Waals surface area contributed by atoms with Crippen LogP contribution in [0.15, 0.2) is 90.7 Å². The van der Waals surface area contributed by atoms with Gasteiger partial charge in [-0.2, -0.15) is 0 Å². The standard InChI is InChI=1S/C23H27N.C7H12.C2H6/c1-4-15-23(3,16-5-2)21-13-9-8-12-20(21)22-19-11-7-6-10-18(19)14-17-24-22;1-6(2)5-7(3)4;1-2/h4,6-12,14-15,17,21H,5,13,16H2,1-3H3;5H,1H2,2-4H3;1-2H3. The predicted octanol–water partition coefficient (Wildman–Crippen LogP) is 10.1. The van der Waals surface area contributed by atoms with Crippen molar-refractivity contribution in [2.24, 2.45) is 11.3 Å². The average molecular weight is 444 g/mol. The molecule has 1 aromatic heterocycles. The van der Waals surface area contributed by atoms with Crippen LogP contribution in [0.4, 0.5) is 0 Å². The molecular formula is C32H45N. The quantitative estimate of drug-likeness (QED) is 0.319. The summed E-state index contributed by atoms with van der Waals surface area (Å²) in [5.74, 6) is 0.469. The third kappa shape index (κ3) is 8.31. The molecule has 1 heteroatoms. The van der Waals surface area contributed by atoms with Gasteiger partial charge in [-0.3, -0.25) is 4.98 Å². The number of hydrogen-bond acceptors (Lipinski definition) is 1. The maximum Gasteiger partial charge on any atom is 0.0743 e. The van der Waals surface area contributed by atoms with Gasteiger partial charge >= 0.3 is 0 Å². The molecule has 1 aromatic carbocycles. The first-order valence-electron chi connectivity index (χ1n) is 12.5. The molecule has 0 N–H and O–H groups in total. The van der Waals surface area contributed by atoms with E-state index >= 15 is 0 Å². The summed E-state index contributed by atoms with van der Waals surface area (Å²) in [5.41, 5.74) is 5.13. The molecule has 2 unspecified atom stereocenters. The summed E-state index contributed by atoms with van der Waals surface area (Å²) in [4.78, 5) is 4.79. The highest BCUT2D eigenvalue weighted by atomic mass is 14.7. The van der Waals surface area contributed by atoms with Crippen molar-refractivity contribution in [2.75, 3.05) is 0 Å². The zero-order valence-corrected chi connectivity index (χ0v) is 22.3. The molecule has 2 atom stereocenters. The molecule has 0 aliphatic heterocycles. The number of hydrogen-bond donors (Lipinski definition) is 0. The number of nitrogens with zero attached hydrogens (tertiary/aromatic N) is 1. The van der Waals surface area contributed by atoms with Crippen molar-refractivity contribution in [1.29, 1.82) is 0 Å². The molecule has 3 rings (SSSR count). The van der Waals surface area contributed by atoms with Crippen molar-refractivity contribution >= 4 is 16.3 Å². The van der Waals surface area contributed by atoms with Gasteiger partial charge < -0.3 is 0 Å². The van der Waals surface area contributed by atoms with Gasteiger partial charge in [0.2, 0.25) is 0 Å². The lowest BCUT2D eigenvalue weighted by Gasteiger charge is -2.38. The van der Waals surface area contributed by atoms with Gasteiger partial charge in [0.15, 0.2) is 0 Å². The Hall–Kier alpha value is -2.67. The summed E-state index contributed by atoms with van der Waals surface area (Å²) in [6.07, 6.45) is 18.9. The summed E-state index contributed by atoms with van der Waals surface area (Å²) in [6, 6.07) is 10.7. The second-order valence-corrected chi connectivity index (χ2v) is 9.04. The highest BCUT2D eigenvalue weighted by Gasteiger charge is 2.34. The van der Waals surface area contributed by atoms with Crippen LogP contribution in [-0.2, 0) is 0 Å². The van der Waals surface area contributed by atoms with Crippen molar-refractivity contribution < 1.29 is 0 Å². The zero-order valence-electron chi connectivity index (χ0n) is 22.3. The van der Waals surface area contributed by atoms with Crippen molar-refractivity contribution in [3.63, 3.8) is 0 Å². The minimum atomic E-state index is 0.165. The van der Waals surface area contributed by atoms with Gasteiger partial charge in [0.1, 0.15) is 0 Å². The molecule has 1 aliphatic rings. The summed E-state index contributed by atoms with van der Waals surface area (Å²) in [7, 11) is 0. The highest BCUT2D eigenvalue weighted by molar-refractivity contribution is 5.93. The Kier molecular flexibility index (Phi) is 12.4. The molecule has 33 heavy (non-hydrogen) atoms. The largest absolute Gasteiger partial charge is 0.256 e. The number of fused-ring (bicyclic) bond motifs is 1. The molecule has 0 saturated carbocycles. The van der Waals surface area contributed by atoms with E-state index in [9.17, 15) is 0 Å². The molecule has 1 aliphatic carbocycles. The van der Waals surface area contributed by atoms with Gasteiger partial charge in [0.05, 0.1) is 5.69 Å². The Morgan fingerprint density at radius 2 is 1.85 bits per heavy atom. The number of aromatic nitrogens is 1. The van der Waals surface area contributed by atoms with E-state index in [0.29, 0.717) is 5.92 Å². The van der Waals surface area contributed by atoms with E-state index in [1.165, 1.54) is 34.8 Å². The van der Waals surface area contributed by atoms with Crippen molar-refractivity contribution in [2.45, 2.75) is 74.7 Å². The number of benzene rings is 1. The van der Waals surface area contributed by atoms with Crippen molar-refractivity contribution in [1.82, 2.24) is 4.98 Å². The summed E-state index contributed by atoms with van der Waals surface area (Å²) >= 11 is 0. The van der Waals surface area contributed by atoms with E-state index in [1.54, 1.807) is 0 Å².